The molecule has 0 spiro atoms. The van der Waals surface area contributed by atoms with E-state index < -0.39 is 0 Å². The van der Waals surface area contributed by atoms with E-state index in [1.165, 1.54) is 0 Å². The number of cyclic esters (lactones) is 2. The van der Waals surface area contributed by atoms with Gasteiger partial charge in [0.25, 0.3) is 0 Å². The second-order valence-electron chi connectivity index (χ2n) is 4.79. The maximum Gasteiger partial charge on any atom is 0.318 e. The van der Waals surface area contributed by atoms with Crippen LogP contribution < -0.4 is 0 Å². The molecule has 1 aliphatic heterocycles. The van der Waals surface area contributed by atoms with Crippen molar-refractivity contribution >= 4 is 11.9 Å². The highest BCUT2D eigenvalue weighted by Crippen LogP contribution is 2.45. The molecule has 3 heteroatoms. The summed E-state index contributed by atoms with van der Waals surface area (Å²) in [7, 11) is 0. The molecule has 1 heterocycles. The van der Waals surface area contributed by atoms with Gasteiger partial charge in [0.1, 0.15) is 0 Å². The molecule has 1 saturated heterocycles. The van der Waals surface area contributed by atoms with Crippen LogP contribution in [-0.2, 0) is 14.3 Å². The number of hydrogen-bond acceptors (Lipinski definition) is 3. The van der Waals surface area contributed by atoms with Crippen LogP contribution in [0, 0.1) is 23.7 Å². The van der Waals surface area contributed by atoms with Gasteiger partial charge in [-0.3, -0.25) is 9.59 Å². The third-order valence-electron chi connectivity index (χ3n) is 3.99. The normalized spacial score (nSPS) is 43.5. The number of rotatable bonds is 0. The first kappa shape index (κ1) is 9.13. The molecule has 0 N–H and O–H groups in total. The summed E-state index contributed by atoms with van der Waals surface area (Å²) in [5, 5.41) is 0. The molecule has 0 saturated carbocycles. The minimum atomic E-state index is -0.286. The zero-order valence-electron chi connectivity index (χ0n) is 8.52. The number of carbonyl (C=O) groups excluding carboxylic acids is 2. The molecule has 3 aliphatic rings. The number of hydrogen-bond donors (Lipinski definition) is 0. The third-order valence-corrected chi connectivity index (χ3v) is 3.99. The van der Waals surface area contributed by atoms with Crippen molar-refractivity contribution in [2.24, 2.45) is 23.7 Å². The maximum atomic E-state index is 11.6. The molecule has 0 radical (unpaired) electrons. The van der Waals surface area contributed by atoms with Crippen molar-refractivity contribution in [1.29, 1.82) is 0 Å². The number of esters is 2. The van der Waals surface area contributed by atoms with Crippen LogP contribution in [0.25, 0.3) is 0 Å². The van der Waals surface area contributed by atoms with Gasteiger partial charge in [0.05, 0.1) is 11.8 Å². The first-order valence-electron chi connectivity index (χ1n) is 5.71. The quantitative estimate of drug-likeness (QED) is 0.344. The predicted molar refractivity (Wildman–Crippen MR) is 52.7 cm³/mol. The van der Waals surface area contributed by atoms with Gasteiger partial charge in [0, 0.05) is 0 Å². The summed E-state index contributed by atoms with van der Waals surface area (Å²) in [5.41, 5.74) is 0. The molecule has 4 atom stereocenters. The minimum absolute atomic E-state index is 0.173. The average Bonchev–Trinajstić information content (AvgIpc) is 2.43. The van der Waals surface area contributed by atoms with E-state index in [-0.39, 0.29) is 35.6 Å². The van der Waals surface area contributed by atoms with Crippen LogP contribution in [0.4, 0.5) is 0 Å². The summed E-state index contributed by atoms with van der Waals surface area (Å²) in [6.07, 6.45) is 8.63. The zero-order valence-corrected chi connectivity index (χ0v) is 8.52. The first-order valence-corrected chi connectivity index (χ1v) is 5.71. The highest BCUT2D eigenvalue weighted by atomic mass is 16.6. The molecule has 80 valence electrons. The van der Waals surface area contributed by atoms with Crippen molar-refractivity contribution in [2.45, 2.75) is 25.7 Å². The molecule has 0 amide bonds. The van der Waals surface area contributed by atoms with E-state index in [1.54, 1.807) is 0 Å². The van der Waals surface area contributed by atoms with Gasteiger partial charge in [0.15, 0.2) is 0 Å². The Morgan fingerprint density at radius 2 is 1.40 bits per heavy atom. The summed E-state index contributed by atoms with van der Waals surface area (Å²) in [4.78, 5) is 23.2. The van der Waals surface area contributed by atoms with Gasteiger partial charge in [-0.2, -0.15) is 0 Å². The lowest BCUT2D eigenvalue weighted by atomic mass is 9.67. The fraction of sp³-hybridized carbons (Fsp3) is 0.667. The Balaban J connectivity index is 2.02. The summed E-state index contributed by atoms with van der Waals surface area (Å²) in [6, 6.07) is 0. The maximum absolute atomic E-state index is 11.6. The van der Waals surface area contributed by atoms with E-state index >= 15 is 0 Å². The molecule has 0 aromatic carbocycles. The van der Waals surface area contributed by atoms with Gasteiger partial charge in [-0.15, -0.1) is 0 Å². The van der Waals surface area contributed by atoms with Gasteiger partial charge >= 0.3 is 11.9 Å². The van der Waals surface area contributed by atoms with Gasteiger partial charge in [-0.05, 0) is 24.7 Å². The second kappa shape index (κ2) is 3.19. The molecule has 0 aromatic rings. The van der Waals surface area contributed by atoms with E-state index in [4.69, 9.17) is 4.74 Å². The van der Waals surface area contributed by atoms with Gasteiger partial charge in [-0.25, -0.2) is 0 Å². The SMILES string of the molecule is O=C1OC(=O)[C@H]2[C@@H]1[C@H]1C=C[C@H]2CCCC1. The predicted octanol–water partition coefficient (Wildman–Crippen LogP) is 1.68. The van der Waals surface area contributed by atoms with E-state index in [0.717, 1.165) is 25.7 Å². The number of allylic oxidation sites excluding steroid dienone is 2. The van der Waals surface area contributed by atoms with Crippen LogP contribution in [0.3, 0.4) is 0 Å². The fourth-order valence-corrected chi connectivity index (χ4v) is 3.25. The molecule has 15 heavy (non-hydrogen) atoms. The van der Waals surface area contributed by atoms with Crippen LogP contribution in [0.2, 0.25) is 0 Å². The summed E-state index contributed by atoms with van der Waals surface area (Å²) in [6.45, 7) is 0. The van der Waals surface area contributed by atoms with Crippen LogP contribution in [-0.4, -0.2) is 11.9 Å². The van der Waals surface area contributed by atoms with Crippen LogP contribution in [0.5, 0.6) is 0 Å². The molecular formula is C12H14O3. The monoisotopic (exact) mass is 206 g/mol. The van der Waals surface area contributed by atoms with E-state index in [1.807, 2.05) is 0 Å². The number of fused-ring (bicyclic) bond motifs is 5. The largest absolute Gasteiger partial charge is 0.393 e. The Hall–Kier alpha value is -1.12. The standard InChI is InChI=1S/C12H14O3/c13-11-9-7-3-1-2-4-8(6-5-7)10(9)12(14)15-11/h5-10H,1-4H2/t7-,8-,9-,10+/m1/s1. The topological polar surface area (TPSA) is 43.4 Å². The lowest BCUT2D eigenvalue weighted by Gasteiger charge is -2.33. The first-order chi connectivity index (χ1) is 7.27. The Bertz CT molecular complexity index is 313. The summed E-state index contributed by atoms with van der Waals surface area (Å²) in [5.74, 6) is -0.436. The van der Waals surface area contributed by atoms with E-state index in [0.29, 0.717) is 0 Å². The Morgan fingerprint density at radius 1 is 0.933 bits per heavy atom. The minimum Gasteiger partial charge on any atom is -0.393 e. The molecule has 1 fully saturated rings. The Labute approximate surface area is 88.5 Å². The molecule has 3 nitrogen and oxygen atoms in total. The van der Waals surface area contributed by atoms with Gasteiger partial charge < -0.3 is 4.74 Å². The highest BCUT2D eigenvalue weighted by Gasteiger charge is 2.52. The number of ether oxygens (including phenoxy) is 1. The van der Waals surface area contributed by atoms with Crippen LogP contribution in [0.1, 0.15) is 25.7 Å². The molecule has 0 unspecified atom stereocenters. The van der Waals surface area contributed by atoms with Crippen molar-refractivity contribution in [2.75, 3.05) is 0 Å². The smallest absolute Gasteiger partial charge is 0.318 e. The van der Waals surface area contributed by atoms with Gasteiger partial charge in [0.2, 0.25) is 0 Å². The number of carbonyl (C=O) groups is 2. The lowest BCUT2D eigenvalue weighted by Crippen LogP contribution is -2.35. The summed E-state index contributed by atoms with van der Waals surface area (Å²) < 4.78 is 4.78. The Morgan fingerprint density at radius 3 is 1.87 bits per heavy atom. The third kappa shape index (κ3) is 1.25. The molecule has 0 aromatic heterocycles. The van der Waals surface area contributed by atoms with Crippen molar-refractivity contribution in [3.63, 3.8) is 0 Å². The molecule has 2 aliphatic carbocycles. The summed E-state index contributed by atoms with van der Waals surface area (Å²) >= 11 is 0. The Kier molecular flexibility index (Phi) is 1.94. The average molecular weight is 206 g/mol. The van der Waals surface area contributed by atoms with Crippen molar-refractivity contribution < 1.29 is 14.3 Å². The molecule has 2 bridgehead atoms. The molecule has 3 rings (SSSR count). The second-order valence-corrected chi connectivity index (χ2v) is 4.79. The lowest BCUT2D eigenvalue weighted by molar-refractivity contribution is -0.154. The van der Waals surface area contributed by atoms with Crippen molar-refractivity contribution in [3.8, 4) is 0 Å². The van der Waals surface area contributed by atoms with Crippen molar-refractivity contribution in [3.05, 3.63) is 12.2 Å². The highest BCUT2D eigenvalue weighted by molar-refractivity contribution is 5.97. The van der Waals surface area contributed by atoms with E-state index in [2.05, 4.69) is 12.2 Å². The van der Waals surface area contributed by atoms with Crippen LogP contribution in [0.15, 0.2) is 12.2 Å². The zero-order chi connectivity index (χ0) is 10.4. The van der Waals surface area contributed by atoms with Crippen molar-refractivity contribution in [1.82, 2.24) is 0 Å². The van der Waals surface area contributed by atoms with Gasteiger partial charge in [-0.1, -0.05) is 25.0 Å². The van der Waals surface area contributed by atoms with E-state index in [9.17, 15) is 9.59 Å². The fourth-order valence-electron chi connectivity index (χ4n) is 3.25. The molecular weight excluding hydrogens is 192 g/mol. The van der Waals surface area contributed by atoms with Crippen LogP contribution >= 0.6 is 0 Å².